The molecule has 0 radical (unpaired) electrons. The van der Waals surface area contributed by atoms with E-state index in [4.69, 9.17) is 14.4 Å². The molecule has 7 aromatic rings. The molecule has 0 amide bonds. The van der Waals surface area contributed by atoms with Gasteiger partial charge < -0.3 is 4.42 Å². The van der Waals surface area contributed by atoms with Crippen LogP contribution in [-0.4, -0.2) is 15.0 Å². The van der Waals surface area contributed by atoms with E-state index in [2.05, 4.69) is 71.7 Å². The molecule has 0 aliphatic heterocycles. The summed E-state index contributed by atoms with van der Waals surface area (Å²) >= 11 is 0. The lowest BCUT2D eigenvalue weighted by atomic mass is 10.0. The van der Waals surface area contributed by atoms with Crippen LogP contribution in [0, 0.1) is 0 Å². The van der Waals surface area contributed by atoms with E-state index in [1.54, 1.807) is 0 Å². The zero-order valence-corrected chi connectivity index (χ0v) is 18.7. The molecule has 35 heavy (non-hydrogen) atoms. The fourth-order valence-electron chi connectivity index (χ4n) is 4.53. The Morgan fingerprint density at radius 2 is 1.26 bits per heavy atom. The Morgan fingerprint density at radius 1 is 0.514 bits per heavy atom. The van der Waals surface area contributed by atoms with Crippen LogP contribution >= 0.6 is 0 Å². The molecule has 3 heterocycles. The molecule has 0 atom stereocenters. The first-order valence-corrected chi connectivity index (χ1v) is 11.5. The molecule has 3 aromatic heterocycles. The Balaban J connectivity index is 1.24. The summed E-state index contributed by atoms with van der Waals surface area (Å²) in [4.78, 5) is 14.2. The molecule has 0 saturated carbocycles. The van der Waals surface area contributed by atoms with Crippen molar-refractivity contribution in [2.45, 2.75) is 0 Å². The van der Waals surface area contributed by atoms with E-state index < -0.39 is 0 Å². The maximum Gasteiger partial charge on any atom is 0.227 e. The van der Waals surface area contributed by atoms with Crippen LogP contribution in [-0.2, 0) is 0 Å². The van der Waals surface area contributed by atoms with Crippen LogP contribution in [0.1, 0.15) is 0 Å². The fraction of sp³-hybridized carbons (Fsp3) is 0. The zero-order valence-electron chi connectivity index (χ0n) is 18.7. The van der Waals surface area contributed by atoms with Gasteiger partial charge in [0, 0.05) is 28.1 Å². The SMILES string of the molecule is c1ccc(-c2nc3cc(-c4ccc(-c5ccc6ccc7cccnc7c6n5)cc4)ccc3o2)cc1. The van der Waals surface area contributed by atoms with Crippen LogP contribution in [0.25, 0.3) is 66.7 Å². The minimum atomic E-state index is 0.637. The molecule has 4 nitrogen and oxygen atoms in total. The summed E-state index contributed by atoms with van der Waals surface area (Å²) < 4.78 is 5.96. The normalized spacial score (nSPS) is 11.4. The Morgan fingerprint density at radius 3 is 2.11 bits per heavy atom. The van der Waals surface area contributed by atoms with Crippen molar-refractivity contribution in [1.29, 1.82) is 0 Å². The second-order valence-corrected chi connectivity index (χ2v) is 8.55. The minimum Gasteiger partial charge on any atom is -0.436 e. The van der Waals surface area contributed by atoms with Gasteiger partial charge in [-0.15, -0.1) is 0 Å². The molecule has 0 spiro atoms. The Hall–Kier alpha value is -4.83. The summed E-state index contributed by atoms with van der Waals surface area (Å²) in [5.74, 6) is 0.637. The zero-order chi connectivity index (χ0) is 23.2. The molecule has 0 N–H and O–H groups in total. The molecule has 164 valence electrons. The van der Waals surface area contributed by atoms with E-state index in [0.717, 1.165) is 60.9 Å². The number of nitrogens with zero attached hydrogens (tertiary/aromatic N) is 3. The van der Waals surface area contributed by atoms with Crippen LogP contribution in [0.2, 0.25) is 0 Å². The van der Waals surface area contributed by atoms with Gasteiger partial charge in [0.2, 0.25) is 5.89 Å². The quantitative estimate of drug-likeness (QED) is 0.257. The third-order valence-electron chi connectivity index (χ3n) is 6.35. The van der Waals surface area contributed by atoms with Gasteiger partial charge in [0.15, 0.2) is 5.58 Å². The van der Waals surface area contributed by atoms with E-state index in [1.807, 2.05) is 48.7 Å². The number of oxazole rings is 1. The van der Waals surface area contributed by atoms with Gasteiger partial charge in [0.1, 0.15) is 5.52 Å². The second kappa shape index (κ2) is 7.89. The van der Waals surface area contributed by atoms with E-state index in [-0.39, 0.29) is 0 Å². The van der Waals surface area contributed by atoms with Crippen molar-refractivity contribution in [1.82, 2.24) is 15.0 Å². The second-order valence-electron chi connectivity index (χ2n) is 8.55. The van der Waals surface area contributed by atoms with Crippen LogP contribution in [0.4, 0.5) is 0 Å². The van der Waals surface area contributed by atoms with Gasteiger partial charge in [0.25, 0.3) is 0 Å². The average Bonchev–Trinajstić information content (AvgIpc) is 3.37. The lowest BCUT2D eigenvalue weighted by molar-refractivity contribution is 0.620. The average molecular weight is 450 g/mol. The van der Waals surface area contributed by atoms with Gasteiger partial charge in [-0.3, -0.25) is 4.98 Å². The van der Waals surface area contributed by atoms with Gasteiger partial charge >= 0.3 is 0 Å². The van der Waals surface area contributed by atoms with Crippen LogP contribution in [0.3, 0.4) is 0 Å². The van der Waals surface area contributed by atoms with Gasteiger partial charge in [-0.1, -0.05) is 72.8 Å². The van der Waals surface area contributed by atoms with E-state index in [9.17, 15) is 0 Å². The molecule has 7 rings (SSSR count). The summed E-state index contributed by atoms with van der Waals surface area (Å²) in [7, 11) is 0. The fourth-order valence-corrected chi connectivity index (χ4v) is 4.53. The van der Waals surface area contributed by atoms with E-state index in [0.29, 0.717) is 5.89 Å². The molecule has 0 bridgehead atoms. The Bertz CT molecular complexity index is 1840. The first-order valence-electron chi connectivity index (χ1n) is 11.5. The highest BCUT2D eigenvalue weighted by Gasteiger charge is 2.10. The van der Waals surface area contributed by atoms with E-state index >= 15 is 0 Å². The van der Waals surface area contributed by atoms with Crippen molar-refractivity contribution in [2.75, 3.05) is 0 Å². The predicted octanol–water partition coefficient (Wildman–Crippen LogP) is 7.93. The molecule has 0 saturated heterocycles. The first kappa shape index (κ1) is 19.6. The number of hydrogen-bond acceptors (Lipinski definition) is 4. The number of rotatable bonds is 3. The maximum absolute atomic E-state index is 5.96. The predicted molar refractivity (Wildman–Crippen MR) is 141 cm³/mol. The molecule has 0 aliphatic rings. The maximum atomic E-state index is 5.96. The van der Waals surface area contributed by atoms with Crippen molar-refractivity contribution in [3.63, 3.8) is 0 Å². The molecule has 4 heteroatoms. The summed E-state index contributed by atoms with van der Waals surface area (Å²) in [5, 5.41) is 2.19. The number of benzene rings is 4. The third kappa shape index (κ3) is 3.44. The third-order valence-corrected chi connectivity index (χ3v) is 6.35. The van der Waals surface area contributed by atoms with Gasteiger partial charge in [-0.25, -0.2) is 9.97 Å². The topological polar surface area (TPSA) is 51.8 Å². The standard InChI is InChI=1S/C31H19N3O/c1-2-5-24(6-3-1)31-34-27-19-25(15-17-28(27)35-31)20-8-10-21(11-9-20)26-16-14-23-13-12-22-7-4-18-32-29(22)30(23)33-26/h1-19H. The van der Waals surface area contributed by atoms with Crippen LogP contribution in [0.15, 0.2) is 120 Å². The lowest BCUT2D eigenvalue weighted by Gasteiger charge is -2.07. The highest BCUT2D eigenvalue weighted by atomic mass is 16.3. The highest BCUT2D eigenvalue weighted by molar-refractivity contribution is 6.03. The number of aromatic nitrogens is 3. The van der Waals surface area contributed by atoms with Crippen LogP contribution in [0.5, 0.6) is 0 Å². The van der Waals surface area contributed by atoms with Crippen molar-refractivity contribution < 1.29 is 4.42 Å². The first-order chi connectivity index (χ1) is 17.3. The Labute approximate surface area is 201 Å². The summed E-state index contributed by atoms with van der Waals surface area (Å²) in [6, 6.07) is 37.0. The molecule has 0 fully saturated rings. The van der Waals surface area contributed by atoms with Crippen molar-refractivity contribution in [2.24, 2.45) is 0 Å². The van der Waals surface area contributed by atoms with Gasteiger partial charge in [0.05, 0.1) is 16.7 Å². The summed E-state index contributed by atoms with van der Waals surface area (Å²) in [5.41, 5.74) is 8.67. The van der Waals surface area contributed by atoms with Crippen molar-refractivity contribution in [3.05, 3.63) is 115 Å². The van der Waals surface area contributed by atoms with Gasteiger partial charge in [-0.05, 0) is 47.5 Å². The largest absolute Gasteiger partial charge is 0.436 e. The molecule has 0 aliphatic carbocycles. The highest BCUT2D eigenvalue weighted by Crippen LogP contribution is 2.31. The molecular weight excluding hydrogens is 430 g/mol. The molecule has 0 unspecified atom stereocenters. The molecule has 4 aromatic carbocycles. The Kier molecular flexibility index (Phi) is 4.42. The van der Waals surface area contributed by atoms with Crippen LogP contribution < -0.4 is 0 Å². The van der Waals surface area contributed by atoms with E-state index in [1.165, 1.54) is 0 Å². The lowest BCUT2D eigenvalue weighted by Crippen LogP contribution is -1.89. The van der Waals surface area contributed by atoms with Crippen molar-refractivity contribution in [3.8, 4) is 33.8 Å². The van der Waals surface area contributed by atoms with Crippen molar-refractivity contribution >= 4 is 32.9 Å². The minimum absolute atomic E-state index is 0.637. The summed E-state index contributed by atoms with van der Waals surface area (Å²) in [6.07, 6.45) is 1.82. The monoisotopic (exact) mass is 449 g/mol. The number of hydrogen-bond donors (Lipinski definition) is 0. The molecular formula is C31H19N3O. The summed E-state index contributed by atoms with van der Waals surface area (Å²) in [6.45, 7) is 0. The number of fused-ring (bicyclic) bond motifs is 4. The van der Waals surface area contributed by atoms with Gasteiger partial charge in [-0.2, -0.15) is 0 Å². The number of pyridine rings is 2. The smallest absolute Gasteiger partial charge is 0.227 e.